The number of carbonyl (C=O) groups excluding carboxylic acids is 1. The molecule has 3 nitrogen and oxygen atoms in total. The van der Waals surface area contributed by atoms with E-state index in [4.69, 9.17) is 5.11 Å². The normalized spacial score (nSPS) is 11.3. The van der Waals surface area contributed by atoms with Crippen LogP contribution in [0.1, 0.15) is 16.7 Å². The van der Waals surface area contributed by atoms with E-state index in [1.165, 1.54) is 12.1 Å². The minimum absolute atomic E-state index is 0.0263. The van der Waals surface area contributed by atoms with Crippen molar-refractivity contribution in [3.8, 4) is 0 Å². The quantitative estimate of drug-likeness (QED) is 0.909. The van der Waals surface area contributed by atoms with E-state index in [-0.39, 0.29) is 18.9 Å². The number of rotatable bonds is 4. The molecular formula is C16H14F3NO2. The van der Waals surface area contributed by atoms with Crippen molar-refractivity contribution in [3.05, 3.63) is 65.2 Å². The summed E-state index contributed by atoms with van der Waals surface area (Å²) in [5, 5.41) is 11.7. The van der Waals surface area contributed by atoms with Crippen LogP contribution >= 0.6 is 0 Å². The molecule has 0 aliphatic heterocycles. The molecule has 0 unspecified atom stereocenters. The van der Waals surface area contributed by atoms with Crippen molar-refractivity contribution < 1.29 is 23.1 Å². The molecule has 0 atom stereocenters. The fourth-order valence-corrected chi connectivity index (χ4v) is 1.95. The van der Waals surface area contributed by atoms with E-state index in [0.717, 1.165) is 12.1 Å². The molecule has 116 valence electrons. The van der Waals surface area contributed by atoms with Gasteiger partial charge in [0.1, 0.15) is 0 Å². The predicted molar refractivity (Wildman–Crippen MR) is 76.1 cm³/mol. The van der Waals surface area contributed by atoms with Gasteiger partial charge in [-0.3, -0.25) is 4.79 Å². The number of aliphatic hydroxyl groups excluding tert-OH is 1. The molecular weight excluding hydrogens is 295 g/mol. The number of nitrogens with one attached hydrogen (secondary N) is 1. The molecule has 2 N–H and O–H groups in total. The van der Waals surface area contributed by atoms with E-state index >= 15 is 0 Å². The first kappa shape index (κ1) is 16.0. The molecule has 22 heavy (non-hydrogen) atoms. The first-order valence-electron chi connectivity index (χ1n) is 6.54. The average Bonchev–Trinajstić information content (AvgIpc) is 2.47. The number of alkyl halides is 3. The average molecular weight is 309 g/mol. The van der Waals surface area contributed by atoms with Crippen LogP contribution in [-0.4, -0.2) is 11.0 Å². The summed E-state index contributed by atoms with van der Waals surface area (Å²) in [4.78, 5) is 11.9. The number of benzene rings is 2. The Kier molecular flexibility index (Phi) is 4.82. The minimum atomic E-state index is -4.38. The third-order valence-electron chi connectivity index (χ3n) is 3.04. The van der Waals surface area contributed by atoms with Gasteiger partial charge in [0.25, 0.3) is 0 Å². The van der Waals surface area contributed by atoms with Gasteiger partial charge < -0.3 is 10.4 Å². The van der Waals surface area contributed by atoms with Gasteiger partial charge in [0.15, 0.2) is 0 Å². The topological polar surface area (TPSA) is 49.3 Å². The highest BCUT2D eigenvalue weighted by molar-refractivity contribution is 5.92. The largest absolute Gasteiger partial charge is 0.416 e. The third kappa shape index (κ3) is 4.33. The first-order chi connectivity index (χ1) is 10.4. The van der Waals surface area contributed by atoms with Gasteiger partial charge in [0.05, 0.1) is 18.6 Å². The lowest BCUT2D eigenvalue weighted by molar-refractivity contribution is -0.137. The first-order valence-corrected chi connectivity index (χ1v) is 6.54. The van der Waals surface area contributed by atoms with E-state index in [1.807, 2.05) is 0 Å². The molecule has 0 aliphatic carbocycles. The Labute approximate surface area is 125 Å². The van der Waals surface area contributed by atoms with Gasteiger partial charge in [-0.15, -0.1) is 0 Å². The number of halogens is 3. The molecule has 2 aromatic carbocycles. The molecule has 0 saturated heterocycles. The lowest BCUT2D eigenvalue weighted by Gasteiger charge is -2.09. The zero-order chi connectivity index (χ0) is 16.2. The van der Waals surface area contributed by atoms with Crippen molar-refractivity contribution in [2.45, 2.75) is 19.2 Å². The van der Waals surface area contributed by atoms with Crippen molar-refractivity contribution >= 4 is 11.6 Å². The molecule has 0 aliphatic rings. The van der Waals surface area contributed by atoms with Crippen LogP contribution in [0, 0.1) is 0 Å². The molecule has 0 spiro atoms. The minimum Gasteiger partial charge on any atom is -0.392 e. The van der Waals surface area contributed by atoms with Gasteiger partial charge in [-0.25, -0.2) is 0 Å². The smallest absolute Gasteiger partial charge is 0.392 e. The van der Waals surface area contributed by atoms with Crippen molar-refractivity contribution in [1.82, 2.24) is 0 Å². The molecule has 6 heteroatoms. The molecule has 0 heterocycles. The molecule has 0 fully saturated rings. The second kappa shape index (κ2) is 6.62. The maximum Gasteiger partial charge on any atom is 0.416 e. The molecule has 2 aromatic rings. The van der Waals surface area contributed by atoms with Crippen LogP contribution < -0.4 is 5.32 Å². The van der Waals surface area contributed by atoms with Crippen LogP contribution in [0.2, 0.25) is 0 Å². The summed E-state index contributed by atoms with van der Waals surface area (Å²) < 4.78 is 37.3. The van der Waals surface area contributed by atoms with Crippen LogP contribution in [0.3, 0.4) is 0 Å². The van der Waals surface area contributed by atoms with Crippen molar-refractivity contribution in [2.24, 2.45) is 0 Å². The molecule has 1 amide bonds. The maximum absolute atomic E-state index is 12.4. The van der Waals surface area contributed by atoms with Gasteiger partial charge >= 0.3 is 6.18 Å². The van der Waals surface area contributed by atoms with Crippen LogP contribution in [-0.2, 0) is 24.0 Å². The van der Waals surface area contributed by atoms with Crippen LogP contribution in [0.15, 0.2) is 48.5 Å². The van der Waals surface area contributed by atoms with Gasteiger partial charge in [-0.1, -0.05) is 24.3 Å². The van der Waals surface area contributed by atoms with E-state index in [1.54, 1.807) is 24.3 Å². The van der Waals surface area contributed by atoms with E-state index in [9.17, 15) is 18.0 Å². The van der Waals surface area contributed by atoms with Gasteiger partial charge in [0.2, 0.25) is 5.91 Å². The monoisotopic (exact) mass is 309 g/mol. The van der Waals surface area contributed by atoms with Crippen molar-refractivity contribution in [1.29, 1.82) is 0 Å². The summed E-state index contributed by atoms with van der Waals surface area (Å²) in [5.74, 6) is -0.338. The van der Waals surface area contributed by atoms with Crippen molar-refractivity contribution in [2.75, 3.05) is 5.32 Å². The van der Waals surface area contributed by atoms with Crippen LogP contribution in [0.25, 0.3) is 0 Å². The highest BCUT2D eigenvalue weighted by Crippen LogP contribution is 2.29. The third-order valence-corrected chi connectivity index (χ3v) is 3.04. The highest BCUT2D eigenvalue weighted by Gasteiger charge is 2.29. The fraction of sp³-hybridized carbons (Fsp3) is 0.188. The number of carbonyl (C=O) groups is 1. The standard InChI is InChI=1S/C16H14F3NO2/c17-16(18,19)13-6-4-11(5-7-13)9-15(22)20-14-3-1-2-12(8-14)10-21/h1-8,21H,9-10H2,(H,20,22). The molecule has 0 aromatic heterocycles. The fourth-order valence-electron chi connectivity index (χ4n) is 1.95. The molecule has 0 bridgehead atoms. The Hall–Kier alpha value is -2.34. The summed E-state index contributed by atoms with van der Waals surface area (Å²) in [5.41, 5.74) is 0.937. The van der Waals surface area contributed by atoms with Crippen LogP contribution in [0.4, 0.5) is 18.9 Å². The Balaban J connectivity index is 1.99. The zero-order valence-corrected chi connectivity index (χ0v) is 11.5. The Morgan fingerprint density at radius 3 is 2.32 bits per heavy atom. The highest BCUT2D eigenvalue weighted by atomic mass is 19.4. The molecule has 2 rings (SSSR count). The van der Waals surface area contributed by atoms with E-state index in [0.29, 0.717) is 16.8 Å². The Bertz CT molecular complexity index is 651. The summed E-state index contributed by atoms with van der Waals surface area (Å²) in [6.45, 7) is -0.136. The van der Waals surface area contributed by atoms with Gasteiger partial charge in [-0.05, 0) is 35.4 Å². The van der Waals surface area contributed by atoms with Gasteiger partial charge in [-0.2, -0.15) is 13.2 Å². The number of anilines is 1. The summed E-state index contributed by atoms with van der Waals surface area (Å²) in [6, 6.07) is 11.2. The lowest BCUT2D eigenvalue weighted by Crippen LogP contribution is -2.14. The van der Waals surface area contributed by atoms with E-state index in [2.05, 4.69) is 5.32 Å². The zero-order valence-electron chi connectivity index (χ0n) is 11.5. The summed E-state index contributed by atoms with van der Waals surface area (Å²) >= 11 is 0. The SMILES string of the molecule is O=C(Cc1ccc(C(F)(F)F)cc1)Nc1cccc(CO)c1. The maximum atomic E-state index is 12.4. The van der Waals surface area contributed by atoms with Crippen LogP contribution in [0.5, 0.6) is 0 Å². The van der Waals surface area contributed by atoms with Gasteiger partial charge in [0, 0.05) is 5.69 Å². The lowest BCUT2D eigenvalue weighted by atomic mass is 10.1. The predicted octanol–water partition coefficient (Wildman–Crippen LogP) is 3.38. The number of amides is 1. The number of hydrogen-bond donors (Lipinski definition) is 2. The second-order valence-electron chi connectivity index (χ2n) is 4.78. The van der Waals surface area contributed by atoms with E-state index < -0.39 is 11.7 Å². The van der Waals surface area contributed by atoms with Crippen molar-refractivity contribution in [3.63, 3.8) is 0 Å². The molecule has 0 saturated carbocycles. The summed E-state index contributed by atoms with van der Waals surface area (Å²) in [7, 11) is 0. The Morgan fingerprint density at radius 1 is 1.05 bits per heavy atom. The molecule has 0 radical (unpaired) electrons. The summed E-state index contributed by atoms with van der Waals surface area (Å²) in [6.07, 6.45) is -4.41. The Morgan fingerprint density at radius 2 is 1.73 bits per heavy atom. The number of hydrogen-bond acceptors (Lipinski definition) is 2. The second-order valence-corrected chi connectivity index (χ2v) is 4.78. The number of aliphatic hydroxyl groups is 1.